The second-order valence-electron chi connectivity index (χ2n) is 4.31. The molecule has 0 unspecified atom stereocenters. The fourth-order valence-corrected chi connectivity index (χ4v) is 2.45. The molecule has 0 aromatic rings. The zero-order chi connectivity index (χ0) is 17.8. The second kappa shape index (κ2) is 11.9. The Balaban J connectivity index is 4.78. The third-order valence-corrected chi connectivity index (χ3v) is 3.87. The second-order valence-corrected chi connectivity index (χ2v) is 6.28. The number of carbonyl (C=O) groups excluding carboxylic acids is 2. The average molecular weight is 368 g/mol. The number of carbonyl (C=O) groups is 4. The Morgan fingerprint density at radius 1 is 0.870 bits per heavy atom. The molecule has 0 saturated heterocycles. The fourth-order valence-electron chi connectivity index (χ4n) is 1.51. The summed E-state index contributed by atoms with van der Waals surface area (Å²) in [5, 5.41) is 21.4. The molecule has 9 nitrogen and oxygen atoms in total. The lowest BCUT2D eigenvalue weighted by atomic mass is 10.2. The van der Waals surface area contributed by atoms with Gasteiger partial charge in [0.05, 0.1) is 0 Å². The Morgan fingerprint density at radius 2 is 1.22 bits per heavy atom. The summed E-state index contributed by atoms with van der Waals surface area (Å²) in [6.45, 7) is 0. The maximum Gasteiger partial charge on any atom is 0.405 e. The van der Waals surface area contributed by atoms with E-state index in [4.69, 9.17) is 10.2 Å². The minimum Gasteiger partial charge on any atom is -0.465 e. The van der Waals surface area contributed by atoms with Crippen LogP contribution in [0.5, 0.6) is 0 Å². The summed E-state index contributed by atoms with van der Waals surface area (Å²) in [6.07, 6.45) is 1.04. The molecule has 2 amide bonds. The quantitative estimate of drug-likeness (QED) is 0.326. The van der Waals surface area contributed by atoms with Gasteiger partial charge in [0.2, 0.25) is 0 Å². The number of nitrogens with one attached hydrogen (secondary N) is 2. The molecule has 0 saturated carbocycles. The lowest BCUT2D eigenvalue weighted by Gasteiger charge is -2.18. The van der Waals surface area contributed by atoms with Crippen molar-refractivity contribution in [1.82, 2.24) is 10.6 Å². The fraction of sp³-hybridized carbons (Fsp3) is 0.667. The van der Waals surface area contributed by atoms with E-state index in [1.807, 2.05) is 10.6 Å². The van der Waals surface area contributed by atoms with Crippen LogP contribution in [-0.2, 0) is 14.3 Å². The van der Waals surface area contributed by atoms with Crippen LogP contribution in [0.4, 0.5) is 9.59 Å². The number of esters is 2. The SMILES string of the molecule is CSCC[C@H](NC(=O)O)C(=O)OC(=O)[C@H](CCSC)NC(=O)O. The van der Waals surface area contributed by atoms with Crippen molar-refractivity contribution in [2.24, 2.45) is 0 Å². The number of amides is 2. The normalized spacial score (nSPS) is 12.8. The number of thioether (sulfide) groups is 2. The Morgan fingerprint density at radius 3 is 1.48 bits per heavy atom. The highest BCUT2D eigenvalue weighted by atomic mass is 32.2. The number of ether oxygens (including phenoxy) is 1. The van der Waals surface area contributed by atoms with E-state index in [0.29, 0.717) is 11.5 Å². The number of hydrogen-bond acceptors (Lipinski definition) is 7. The van der Waals surface area contributed by atoms with Gasteiger partial charge >= 0.3 is 24.1 Å². The first-order valence-corrected chi connectivity index (χ1v) is 9.32. The Bertz CT molecular complexity index is 396. The molecule has 0 aliphatic rings. The van der Waals surface area contributed by atoms with Crippen LogP contribution in [0.2, 0.25) is 0 Å². The van der Waals surface area contributed by atoms with Gasteiger partial charge in [-0.3, -0.25) is 0 Å². The summed E-state index contributed by atoms with van der Waals surface area (Å²) in [5.41, 5.74) is 0. The molecule has 0 bridgehead atoms. The van der Waals surface area contributed by atoms with E-state index in [0.717, 1.165) is 0 Å². The predicted molar refractivity (Wildman–Crippen MR) is 87.0 cm³/mol. The molecule has 0 radical (unpaired) electrons. The zero-order valence-electron chi connectivity index (χ0n) is 12.7. The third-order valence-electron chi connectivity index (χ3n) is 2.59. The first kappa shape index (κ1) is 21.4. The van der Waals surface area contributed by atoms with E-state index in [-0.39, 0.29) is 12.8 Å². The number of rotatable bonds is 10. The van der Waals surface area contributed by atoms with Crippen molar-refractivity contribution in [3.8, 4) is 0 Å². The van der Waals surface area contributed by atoms with Crippen LogP contribution in [-0.4, -0.2) is 70.4 Å². The number of carboxylic acid groups (broad SMARTS) is 2. The van der Waals surface area contributed by atoms with Crippen molar-refractivity contribution >= 4 is 47.6 Å². The van der Waals surface area contributed by atoms with Crippen LogP contribution in [0.1, 0.15) is 12.8 Å². The van der Waals surface area contributed by atoms with E-state index in [1.54, 1.807) is 12.5 Å². The van der Waals surface area contributed by atoms with Crippen LogP contribution in [0, 0.1) is 0 Å². The molecule has 0 aliphatic carbocycles. The van der Waals surface area contributed by atoms with Gasteiger partial charge in [-0.05, 0) is 36.9 Å². The van der Waals surface area contributed by atoms with Gasteiger partial charge in [0.1, 0.15) is 12.1 Å². The van der Waals surface area contributed by atoms with Gasteiger partial charge < -0.3 is 25.6 Å². The molecular weight excluding hydrogens is 348 g/mol. The Kier molecular flexibility index (Phi) is 11.0. The molecule has 2 atom stereocenters. The lowest BCUT2D eigenvalue weighted by molar-refractivity contribution is -0.162. The van der Waals surface area contributed by atoms with E-state index in [1.165, 1.54) is 23.5 Å². The molecule has 0 aromatic carbocycles. The standard InChI is InChI=1S/C12H20N2O7S2/c1-22-5-3-7(13-11(17)18)9(15)21-10(16)8(4-6-23-2)14-12(19)20/h7-8,13-14H,3-6H2,1-2H3,(H,17,18)(H,19,20)/t7-,8-/m0/s1. The van der Waals surface area contributed by atoms with Crippen LogP contribution < -0.4 is 10.6 Å². The van der Waals surface area contributed by atoms with Crippen LogP contribution in [0.25, 0.3) is 0 Å². The summed E-state index contributed by atoms with van der Waals surface area (Å²) in [7, 11) is 0. The topological polar surface area (TPSA) is 142 Å². The van der Waals surface area contributed by atoms with Crippen molar-refractivity contribution in [1.29, 1.82) is 0 Å². The molecular formula is C12H20N2O7S2. The van der Waals surface area contributed by atoms with Gasteiger partial charge in [0.15, 0.2) is 0 Å². The van der Waals surface area contributed by atoms with Crippen molar-refractivity contribution in [2.75, 3.05) is 24.0 Å². The average Bonchev–Trinajstić information content (AvgIpc) is 2.46. The van der Waals surface area contributed by atoms with Crippen molar-refractivity contribution in [2.45, 2.75) is 24.9 Å². The molecule has 0 aliphatic heterocycles. The minimum atomic E-state index is -1.41. The van der Waals surface area contributed by atoms with Gasteiger partial charge in [-0.15, -0.1) is 0 Å². The molecule has 0 rings (SSSR count). The maximum atomic E-state index is 11.9. The van der Waals surface area contributed by atoms with Crippen molar-refractivity contribution < 1.29 is 34.1 Å². The summed E-state index contributed by atoms with van der Waals surface area (Å²) in [5.74, 6) is -1.13. The summed E-state index contributed by atoms with van der Waals surface area (Å²) in [6, 6.07) is -2.37. The molecule has 132 valence electrons. The van der Waals surface area contributed by atoms with Crippen LogP contribution in [0.3, 0.4) is 0 Å². The van der Waals surface area contributed by atoms with Crippen LogP contribution in [0.15, 0.2) is 0 Å². The molecule has 0 heterocycles. The van der Waals surface area contributed by atoms with E-state index in [2.05, 4.69) is 4.74 Å². The first-order chi connectivity index (χ1) is 10.8. The van der Waals surface area contributed by atoms with E-state index in [9.17, 15) is 19.2 Å². The molecule has 0 aromatic heterocycles. The van der Waals surface area contributed by atoms with Crippen LogP contribution >= 0.6 is 23.5 Å². The Hall–Kier alpha value is -1.62. The molecule has 4 N–H and O–H groups in total. The molecule has 11 heteroatoms. The monoisotopic (exact) mass is 368 g/mol. The molecule has 0 spiro atoms. The smallest absolute Gasteiger partial charge is 0.405 e. The van der Waals surface area contributed by atoms with Gasteiger partial charge in [-0.1, -0.05) is 0 Å². The number of hydrogen-bond donors (Lipinski definition) is 4. The third kappa shape index (κ3) is 9.89. The molecule has 0 fully saturated rings. The van der Waals surface area contributed by atoms with E-state index < -0.39 is 36.2 Å². The van der Waals surface area contributed by atoms with Gasteiger partial charge in [-0.2, -0.15) is 23.5 Å². The minimum absolute atomic E-state index is 0.154. The highest BCUT2D eigenvalue weighted by molar-refractivity contribution is 7.98. The molecule has 23 heavy (non-hydrogen) atoms. The van der Waals surface area contributed by atoms with Crippen molar-refractivity contribution in [3.63, 3.8) is 0 Å². The maximum absolute atomic E-state index is 11.9. The highest BCUT2D eigenvalue weighted by Gasteiger charge is 2.29. The predicted octanol–water partition coefficient (Wildman–Crippen LogP) is 0.835. The summed E-state index contributed by atoms with van der Waals surface area (Å²) < 4.78 is 4.62. The summed E-state index contributed by atoms with van der Waals surface area (Å²) in [4.78, 5) is 45.2. The van der Waals surface area contributed by atoms with Crippen molar-refractivity contribution in [3.05, 3.63) is 0 Å². The van der Waals surface area contributed by atoms with Gasteiger partial charge in [-0.25, -0.2) is 19.2 Å². The van der Waals surface area contributed by atoms with Gasteiger partial charge in [0, 0.05) is 0 Å². The van der Waals surface area contributed by atoms with Gasteiger partial charge in [0.25, 0.3) is 0 Å². The first-order valence-electron chi connectivity index (χ1n) is 6.54. The largest absolute Gasteiger partial charge is 0.465 e. The highest BCUT2D eigenvalue weighted by Crippen LogP contribution is 2.07. The Labute approximate surface area is 141 Å². The summed E-state index contributed by atoms with van der Waals surface area (Å²) >= 11 is 2.80. The lowest BCUT2D eigenvalue weighted by Crippen LogP contribution is -2.46. The zero-order valence-corrected chi connectivity index (χ0v) is 14.4. The van der Waals surface area contributed by atoms with E-state index >= 15 is 0 Å².